The lowest BCUT2D eigenvalue weighted by atomic mass is 9.42. The first-order valence-electron chi connectivity index (χ1n) is 6.56. The van der Waals surface area contributed by atoms with Crippen molar-refractivity contribution in [3.05, 3.63) is 29.8 Å². The van der Waals surface area contributed by atoms with Gasteiger partial charge in [0.1, 0.15) is 5.75 Å². The van der Waals surface area contributed by atoms with E-state index in [-0.39, 0.29) is 0 Å². The van der Waals surface area contributed by atoms with Crippen LogP contribution >= 0.6 is 0 Å². The van der Waals surface area contributed by atoms with Crippen LogP contribution in [0.15, 0.2) is 24.3 Å². The molecule has 0 aliphatic heterocycles. The molecule has 3 fully saturated rings. The molecular formula is C15H20O. The van der Waals surface area contributed by atoms with E-state index in [4.69, 9.17) is 4.74 Å². The van der Waals surface area contributed by atoms with Crippen LogP contribution in [0.25, 0.3) is 0 Å². The molecule has 0 atom stereocenters. The highest BCUT2D eigenvalue weighted by molar-refractivity contribution is 5.45. The van der Waals surface area contributed by atoms with Crippen LogP contribution < -0.4 is 4.74 Å². The smallest absolute Gasteiger partial charge is 0.123 e. The largest absolute Gasteiger partial charge is 0.493 e. The van der Waals surface area contributed by atoms with Crippen molar-refractivity contribution in [3.8, 4) is 5.75 Å². The molecule has 1 aromatic carbocycles. The summed E-state index contributed by atoms with van der Waals surface area (Å²) in [6.07, 6.45) is 6.57. The number of hydrogen-bond donors (Lipinski definition) is 0. The fourth-order valence-corrected chi connectivity index (χ4v) is 3.17. The molecule has 3 aliphatic carbocycles. The summed E-state index contributed by atoms with van der Waals surface area (Å²) in [7, 11) is 0. The van der Waals surface area contributed by atoms with Crippen LogP contribution in [-0.4, -0.2) is 6.61 Å². The molecular weight excluding hydrogens is 196 g/mol. The molecule has 0 unspecified atom stereocenters. The summed E-state index contributed by atoms with van der Waals surface area (Å²) in [4.78, 5) is 0. The van der Waals surface area contributed by atoms with Crippen LogP contribution in [0.1, 0.15) is 44.6 Å². The molecule has 4 rings (SSSR count). The van der Waals surface area contributed by atoms with Gasteiger partial charge in [-0.05, 0) is 43.1 Å². The highest BCUT2D eigenvalue weighted by Gasteiger charge is 2.58. The fourth-order valence-electron chi connectivity index (χ4n) is 3.17. The molecule has 2 bridgehead atoms. The zero-order valence-corrected chi connectivity index (χ0v) is 10.0. The second-order valence-electron chi connectivity index (χ2n) is 5.46. The molecule has 0 heterocycles. The summed E-state index contributed by atoms with van der Waals surface area (Å²) in [6, 6.07) is 8.67. The zero-order chi connectivity index (χ0) is 11.0. The molecule has 86 valence electrons. The maximum atomic E-state index is 5.92. The van der Waals surface area contributed by atoms with Gasteiger partial charge >= 0.3 is 0 Å². The van der Waals surface area contributed by atoms with Gasteiger partial charge in [-0.3, -0.25) is 0 Å². The first-order valence-corrected chi connectivity index (χ1v) is 6.56. The molecule has 1 aromatic rings. The van der Waals surface area contributed by atoms with Gasteiger partial charge in [0, 0.05) is 5.56 Å². The van der Waals surface area contributed by atoms with Crippen molar-refractivity contribution < 1.29 is 4.74 Å². The van der Waals surface area contributed by atoms with Crippen molar-refractivity contribution in [2.24, 2.45) is 5.92 Å². The Hall–Kier alpha value is -0.980. The van der Waals surface area contributed by atoms with Crippen LogP contribution in [0.5, 0.6) is 5.75 Å². The van der Waals surface area contributed by atoms with Gasteiger partial charge in [0.25, 0.3) is 0 Å². The minimum absolute atomic E-state index is 0.521. The molecule has 3 saturated carbocycles. The SMILES string of the molecule is CCCCOc1ccccc1C12CC(C1)C2. The van der Waals surface area contributed by atoms with Crippen molar-refractivity contribution in [2.75, 3.05) is 6.61 Å². The second kappa shape index (κ2) is 3.80. The van der Waals surface area contributed by atoms with E-state index < -0.39 is 0 Å². The normalized spacial score (nSPS) is 30.4. The lowest BCUT2D eigenvalue weighted by Gasteiger charge is -2.62. The number of unbranched alkanes of at least 4 members (excludes halogenated alkanes) is 1. The van der Waals surface area contributed by atoms with Gasteiger partial charge in [0.05, 0.1) is 6.61 Å². The van der Waals surface area contributed by atoms with Gasteiger partial charge in [0.15, 0.2) is 0 Å². The molecule has 1 nitrogen and oxygen atoms in total. The molecule has 16 heavy (non-hydrogen) atoms. The summed E-state index contributed by atoms with van der Waals surface area (Å²) >= 11 is 0. The van der Waals surface area contributed by atoms with Gasteiger partial charge in [-0.2, -0.15) is 0 Å². The molecule has 0 saturated heterocycles. The van der Waals surface area contributed by atoms with Crippen molar-refractivity contribution in [3.63, 3.8) is 0 Å². The van der Waals surface area contributed by atoms with Crippen LogP contribution in [0.2, 0.25) is 0 Å². The van der Waals surface area contributed by atoms with Crippen LogP contribution in [0, 0.1) is 5.92 Å². The van der Waals surface area contributed by atoms with E-state index in [1.807, 2.05) is 0 Å². The Bertz CT molecular complexity index is 366. The predicted molar refractivity (Wildman–Crippen MR) is 65.9 cm³/mol. The first-order chi connectivity index (χ1) is 7.84. The zero-order valence-electron chi connectivity index (χ0n) is 10.0. The minimum atomic E-state index is 0.521. The number of hydrogen-bond acceptors (Lipinski definition) is 1. The number of benzene rings is 1. The third-order valence-corrected chi connectivity index (χ3v) is 4.25. The number of rotatable bonds is 5. The van der Waals surface area contributed by atoms with E-state index in [0.29, 0.717) is 5.41 Å². The summed E-state index contributed by atoms with van der Waals surface area (Å²) in [5, 5.41) is 0. The molecule has 0 spiro atoms. The quantitative estimate of drug-likeness (QED) is 0.678. The average molecular weight is 216 g/mol. The second-order valence-corrected chi connectivity index (χ2v) is 5.46. The van der Waals surface area contributed by atoms with E-state index in [2.05, 4.69) is 31.2 Å². The van der Waals surface area contributed by atoms with E-state index in [1.165, 1.54) is 31.2 Å². The van der Waals surface area contributed by atoms with E-state index >= 15 is 0 Å². The van der Waals surface area contributed by atoms with E-state index in [1.54, 1.807) is 0 Å². The maximum Gasteiger partial charge on any atom is 0.123 e. The van der Waals surface area contributed by atoms with Crippen molar-refractivity contribution in [1.82, 2.24) is 0 Å². The predicted octanol–water partition coefficient (Wildman–Crippen LogP) is 3.92. The molecule has 3 aliphatic rings. The van der Waals surface area contributed by atoms with Gasteiger partial charge in [-0.25, -0.2) is 0 Å². The van der Waals surface area contributed by atoms with Crippen molar-refractivity contribution in [1.29, 1.82) is 0 Å². The average Bonchev–Trinajstić information content (AvgIpc) is 2.16. The molecule has 0 N–H and O–H groups in total. The summed E-state index contributed by atoms with van der Waals surface area (Å²) < 4.78 is 5.92. The topological polar surface area (TPSA) is 9.23 Å². The van der Waals surface area contributed by atoms with Gasteiger partial charge in [-0.15, -0.1) is 0 Å². The number of para-hydroxylation sites is 1. The van der Waals surface area contributed by atoms with Gasteiger partial charge in [0.2, 0.25) is 0 Å². The van der Waals surface area contributed by atoms with Crippen LogP contribution in [0.4, 0.5) is 0 Å². The highest BCUT2D eigenvalue weighted by atomic mass is 16.5. The summed E-state index contributed by atoms with van der Waals surface area (Å²) in [5.41, 5.74) is 2.00. The van der Waals surface area contributed by atoms with Crippen LogP contribution in [-0.2, 0) is 5.41 Å². The van der Waals surface area contributed by atoms with Gasteiger partial charge in [-0.1, -0.05) is 31.5 Å². The minimum Gasteiger partial charge on any atom is -0.493 e. The summed E-state index contributed by atoms with van der Waals surface area (Å²) in [5.74, 6) is 2.18. The lowest BCUT2D eigenvalue weighted by Crippen LogP contribution is -2.55. The standard InChI is InChI=1S/C15H20O/c1-2-3-8-16-14-7-5-4-6-13(14)15-9-12(10-15)11-15/h4-7,12H,2-3,8-11H2,1H3. The van der Waals surface area contributed by atoms with Crippen LogP contribution in [0.3, 0.4) is 0 Å². The van der Waals surface area contributed by atoms with Crippen molar-refractivity contribution >= 4 is 0 Å². The van der Waals surface area contributed by atoms with E-state index in [9.17, 15) is 0 Å². The fraction of sp³-hybridized carbons (Fsp3) is 0.600. The van der Waals surface area contributed by atoms with Crippen molar-refractivity contribution in [2.45, 2.75) is 44.4 Å². The summed E-state index contributed by atoms with van der Waals surface area (Å²) in [6.45, 7) is 3.07. The molecule has 1 heteroatoms. The highest BCUT2D eigenvalue weighted by Crippen LogP contribution is 2.66. The monoisotopic (exact) mass is 216 g/mol. The Morgan fingerprint density at radius 1 is 1.25 bits per heavy atom. The Morgan fingerprint density at radius 3 is 2.62 bits per heavy atom. The Labute approximate surface area is 97.8 Å². The Morgan fingerprint density at radius 2 is 2.00 bits per heavy atom. The maximum absolute atomic E-state index is 5.92. The Kier molecular flexibility index (Phi) is 2.42. The Balaban J connectivity index is 1.76. The third-order valence-electron chi connectivity index (χ3n) is 4.25. The molecule has 0 amide bonds. The molecule has 0 aromatic heterocycles. The van der Waals surface area contributed by atoms with Gasteiger partial charge < -0.3 is 4.74 Å². The number of ether oxygens (including phenoxy) is 1. The third kappa shape index (κ3) is 1.45. The first kappa shape index (κ1) is 10.2. The van der Waals surface area contributed by atoms with E-state index in [0.717, 1.165) is 24.7 Å². The lowest BCUT2D eigenvalue weighted by molar-refractivity contribution is -0.0293. The molecule has 0 radical (unpaired) electrons.